The van der Waals surface area contributed by atoms with E-state index in [4.69, 9.17) is 0 Å². The zero-order valence-electron chi connectivity index (χ0n) is 16.4. The molecular formula is C20H16F3N3O4S2. The molecule has 2 aromatic carbocycles. The first-order valence-corrected chi connectivity index (χ1v) is 11.3. The maximum Gasteiger partial charge on any atom is 0.263 e. The molecule has 0 saturated carbocycles. The number of rotatable bonds is 7. The summed E-state index contributed by atoms with van der Waals surface area (Å²) in [6.07, 6.45) is 0. The predicted octanol–water partition coefficient (Wildman–Crippen LogP) is 3.64. The summed E-state index contributed by atoms with van der Waals surface area (Å²) in [7, 11) is -4.09. The topological polar surface area (TPSA) is 104 Å². The second-order valence-corrected chi connectivity index (χ2v) is 9.11. The van der Waals surface area contributed by atoms with Gasteiger partial charge in [-0.3, -0.25) is 14.3 Å². The molecule has 0 radical (unpaired) electrons. The van der Waals surface area contributed by atoms with Crippen molar-refractivity contribution in [3.8, 4) is 0 Å². The highest BCUT2D eigenvalue weighted by atomic mass is 32.2. The van der Waals surface area contributed by atoms with Crippen molar-refractivity contribution in [3.05, 3.63) is 75.7 Å². The molecule has 0 aliphatic rings. The molecule has 3 N–H and O–H groups in total. The summed E-state index contributed by atoms with van der Waals surface area (Å²) in [5, 5.41) is 5.61. The molecule has 3 rings (SSSR count). The van der Waals surface area contributed by atoms with Gasteiger partial charge in [0.2, 0.25) is 5.91 Å². The quantitative estimate of drug-likeness (QED) is 0.446. The van der Waals surface area contributed by atoms with E-state index in [1.165, 1.54) is 11.4 Å². The number of benzene rings is 2. The van der Waals surface area contributed by atoms with Gasteiger partial charge < -0.3 is 10.6 Å². The van der Waals surface area contributed by atoms with E-state index in [0.717, 1.165) is 23.0 Å². The first kappa shape index (κ1) is 23.3. The third-order valence-corrected chi connectivity index (χ3v) is 6.61. The van der Waals surface area contributed by atoms with Gasteiger partial charge in [0.05, 0.1) is 12.2 Å². The molecule has 7 nitrogen and oxygen atoms in total. The Labute approximate surface area is 185 Å². The lowest BCUT2D eigenvalue weighted by Crippen LogP contribution is -2.33. The molecule has 32 heavy (non-hydrogen) atoms. The number of anilines is 2. The van der Waals surface area contributed by atoms with Gasteiger partial charge in [-0.1, -0.05) is 17.7 Å². The van der Waals surface area contributed by atoms with Crippen LogP contribution in [0.5, 0.6) is 0 Å². The molecule has 0 fully saturated rings. The number of amides is 2. The van der Waals surface area contributed by atoms with Crippen molar-refractivity contribution in [2.75, 3.05) is 16.6 Å². The summed E-state index contributed by atoms with van der Waals surface area (Å²) in [5.74, 6) is -6.54. The van der Waals surface area contributed by atoms with Gasteiger partial charge in [-0.25, -0.2) is 21.6 Å². The van der Waals surface area contributed by atoms with Gasteiger partial charge >= 0.3 is 0 Å². The number of carbonyl (C=O) groups is 2. The molecule has 168 valence electrons. The minimum atomic E-state index is -4.09. The van der Waals surface area contributed by atoms with E-state index in [2.05, 4.69) is 10.0 Å². The lowest BCUT2D eigenvalue weighted by molar-refractivity contribution is -0.115. The highest BCUT2D eigenvalue weighted by Gasteiger charge is 2.25. The van der Waals surface area contributed by atoms with Crippen LogP contribution in [0.25, 0.3) is 0 Å². The van der Waals surface area contributed by atoms with Gasteiger partial charge in [0, 0.05) is 5.69 Å². The van der Waals surface area contributed by atoms with Crippen LogP contribution in [0.1, 0.15) is 15.2 Å². The second kappa shape index (κ2) is 9.40. The number of hydrogen-bond acceptors (Lipinski definition) is 5. The maximum absolute atomic E-state index is 13.6. The number of sulfonamides is 1. The Bertz CT molecular complexity index is 1280. The summed E-state index contributed by atoms with van der Waals surface area (Å²) in [6.45, 7) is 1.18. The summed E-state index contributed by atoms with van der Waals surface area (Å²) >= 11 is 0.845. The summed E-state index contributed by atoms with van der Waals surface area (Å²) in [4.78, 5) is 23.9. The van der Waals surface area contributed by atoms with Crippen molar-refractivity contribution in [1.29, 1.82) is 0 Å². The third-order valence-electron chi connectivity index (χ3n) is 4.15. The van der Waals surface area contributed by atoms with E-state index in [-0.39, 0.29) is 9.77 Å². The minimum Gasteiger partial charge on any atom is -0.342 e. The number of carbonyl (C=O) groups excluding carboxylic acids is 2. The standard InChI is InChI=1S/C20H16F3N3O4S2/c1-11-2-4-12(5-3-11)26-32(29,30)15-8-9-31-19(15)20(28)24-10-16(27)25-14-7-6-13(21)17(22)18(14)23/h2-9,26H,10H2,1H3,(H,24,28)(H,25,27). The SMILES string of the molecule is Cc1ccc(NS(=O)(=O)c2ccsc2C(=O)NCC(=O)Nc2ccc(F)c(F)c2F)cc1. The molecule has 1 heterocycles. The van der Waals surface area contributed by atoms with Gasteiger partial charge in [0.15, 0.2) is 17.5 Å². The van der Waals surface area contributed by atoms with Crippen molar-refractivity contribution < 1.29 is 31.2 Å². The summed E-state index contributed by atoms with van der Waals surface area (Å²) in [5.41, 5.74) is 0.635. The Kier molecular flexibility index (Phi) is 6.84. The van der Waals surface area contributed by atoms with Gasteiger partial charge in [0.25, 0.3) is 15.9 Å². The molecule has 0 spiro atoms. The van der Waals surface area contributed by atoms with E-state index < -0.39 is 51.5 Å². The summed E-state index contributed by atoms with van der Waals surface area (Å²) < 4.78 is 67.6. The first-order valence-electron chi connectivity index (χ1n) is 8.97. The number of hydrogen-bond donors (Lipinski definition) is 3. The van der Waals surface area contributed by atoms with Gasteiger partial charge in [-0.15, -0.1) is 11.3 Å². The van der Waals surface area contributed by atoms with Crippen molar-refractivity contribution in [1.82, 2.24) is 5.32 Å². The van der Waals surface area contributed by atoms with Gasteiger partial charge in [0.1, 0.15) is 9.77 Å². The average molecular weight is 483 g/mol. The van der Waals surface area contributed by atoms with Gasteiger partial charge in [-0.05, 0) is 42.6 Å². The van der Waals surface area contributed by atoms with Crippen molar-refractivity contribution >= 4 is 44.5 Å². The number of halogens is 3. The molecule has 0 unspecified atom stereocenters. The molecule has 12 heteroatoms. The molecule has 2 amide bonds. The third kappa shape index (κ3) is 5.26. The van der Waals surface area contributed by atoms with E-state index in [9.17, 15) is 31.2 Å². The van der Waals surface area contributed by atoms with Gasteiger partial charge in [-0.2, -0.15) is 0 Å². The number of nitrogens with one attached hydrogen (secondary N) is 3. The Morgan fingerprint density at radius 1 is 0.969 bits per heavy atom. The van der Waals surface area contributed by atoms with Crippen LogP contribution in [0.2, 0.25) is 0 Å². The zero-order valence-corrected chi connectivity index (χ0v) is 18.0. The largest absolute Gasteiger partial charge is 0.342 e. The highest BCUT2D eigenvalue weighted by molar-refractivity contribution is 7.93. The molecule has 1 aromatic heterocycles. The van der Waals surface area contributed by atoms with E-state index in [1.54, 1.807) is 24.3 Å². The molecule has 0 atom stereocenters. The van der Waals surface area contributed by atoms with E-state index >= 15 is 0 Å². The predicted molar refractivity (Wildman–Crippen MR) is 114 cm³/mol. The number of thiophene rings is 1. The smallest absolute Gasteiger partial charge is 0.263 e. The van der Waals surface area contributed by atoms with E-state index in [0.29, 0.717) is 11.8 Å². The van der Waals surface area contributed by atoms with Crippen LogP contribution in [0, 0.1) is 24.4 Å². The molecular weight excluding hydrogens is 467 g/mol. The second-order valence-electron chi connectivity index (χ2n) is 6.54. The summed E-state index contributed by atoms with van der Waals surface area (Å²) in [6, 6.07) is 9.28. The zero-order chi connectivity index (χ0) is 23.5. The Balaban J connectivity index is 1.67. The monoisotopic (exact) mass is 483 g/mol. The van der Waals surface area contributed by atoms with Crippen LogP contribution in [0.3, 0.4) is 0 Å². The fraction of sp³-hybridized carbons (Fsp3) is 0.100. The lowest BCUT2D eigenvalue weighted by Gasteiger charge is -2.10. The molecule has 3 aromatic rings. The van der Waals surface area contributed by atoms with Crippen molar-refractivity contribution in [2.45, 2.75) is 11.8 Å². The van der Waals surface area contributed by atoms with Crippen molar-refractivity contribution in [2.24, 2.45) is 0 Å². The molecule has 0 saturated heterocycles. The Morgan fingerprint density at radius 3 is 2.34 bits per heavy atom. The van der Waals surface area contributed by atoms with Crippen LogP contribution < -0.4 is 15.4 Å². The lowest BCUT2D eigenvalue weighted by atomic mass is 10.2. The van der Waals surface area contributed by atoms with Crippen LogP contribution in [0.4, 0.5) is 24.5 Å². The molecule has 0 aliphatic carbocycles. The number of aryl methyl sites for hydroxylation is 1. The van der Waals surface area contributed by atoms with Crippen LogP contribution >= 0.6 is 11.3 Å². The fourth-order valence-corrected chi connectivity index (χ4v) is 4.97. The van der Waals surface area contributed by atoms with Crippen LogP contribution in [-0.2, 0) is 14.8 Å². The Morgan fingerprint density at radius 2 is 1.66 bits per heavy atom. The Hall–Kier alpha value is -3.38. The van der Waals surface area contributed by atoms with Crippen LogP contribution in [-0.4, -0.2) is 26.8 Å². The average Bonchev–Trinajstić information content (AvgIpc) is 3.25. The van der Waals surface area contributed by atoms with Crippen LogP contribution in [0.15, 0.2) is 52.7 Å². The van der Waals surface area contributed by atoms with Crippen molar-refractivity contribution in [3.63, 3.8) is 0 Å². The maximum atomic E-state index is 13.6. The van der Waals surface area contributed by atoms with E-state index in [1.807, 2.05) is 12.2 Å². The minimum absolute atomic E-state index is 0.170. The highest BCUT2D eigenvalue weighted by Crippen LogP contribution is 2.25. The molecule has 0 aliphatic heterocycles. The fourth-order valence-electron chi connectivity index (χ4n) is 2.56. The first-order chi connectivity index (χ1) is 15.1. The normalized spacial score (nSPS) is 11.1. The molecule has 0 bridgehead atoms.